The van der Waals surface area contributed by atoms with Gasteiger partial charge < -0.3 is 4.74 Å². The van der Waals surface area contributed by atoms with E-state index in [4.69, 9.17) is 16.3 Å². The minimum absolute atomic E-state index is 0.171. The smallest absolute Gasteiger partial charge is 0.389 e. The molecule has 18 heavy (non-hydrogen) atoms. The van der Waals surface area contributed by atoms with E-state index in [0.29, 0.717) is 11.3 Å². The molecule has 5 heteroatoms. The Bertz CT molecular complexity index is 535. The predicted molar refractivity (Wildman–Crippen MR) is 73.6 cm³/mol. The quantitative estimate of drug-likeness (QED) is 0.275. The van der Waals surface area contributed by atoms with Gasteiger partial charge in [-0.3, -0.25) is 4.79 Å². The van der Waals surface area contributed by atoms with Gasteiger partial charge in [-0.05, 0) is 18.2 Å². The van der Waals surface area contributed by atoms with E-state index in [-0.39, 0.29) is 11.3 Å². The van der Waals surface area contributed by atoms with Gasteiger partial charge in [-0.2, -0.15) is 0 Å². The Labute approximate surface area is 112 Å². The van der Waals surface area contributed by atoms with Gasteiger partial charge in [-0.1, -0.05) is 31.2 Å². The number of rotatable bonds is 2. The second kappa shape index (κ2) is 5.85. The first-order chi connectivity index (χ1) is 8.31. The lowest BCUT2D eigenvalue weighted by molar-refractivity contribution is -0.128. The molecular weight excluding hydrogens is 268 g/mol. The molecule has 1 rings (SSSR count). The lowest BCUT2D eigenvalue weighted by Gasteiger charge is -2.05. The summed E-state index contributed by atoms with van der Waals surface area (Å²) in [6, 6.07) is 4.45. The van der Waals surface area contributed by atoms with E-state index in [1.165, 1.54) is 12.1 Å². The monoisotopic (exact) mass is 280 g/mol. The van der Waals surface area contributed by atoms with Crippen molar-refractivity contribution in [1.82, 2.24) is 0 Å². The van der Waals surface area contributed by atoms with Crippen LogP contribution in [0, 0.1) is 11.5 Å². The van der Waals surface area contributed by atoms with E-state index in [1.807, 2.05) is 19.6 Å². The average molecular weight is 281 g/mol. The van der Waals surface area contributed by atoms with E-state index in [2.05, 4.69) is 11.5 Å². The van der Waals surface area contributed by atoms with Crippen molar-refractivity contribution in [3.63, 3.8) is 0 Å². The van der Waals surface area contributed by atoms with E-state index in [9.17, 15) is 9.59 Å². The second-order valence-corrected chi connectivity index (χ2v) is 9.88. The first kappa shape index (κ1) is 14.5. The Morgan fingerprint density at radius 3 is 2.61 bits per heavy atom. The first-order valence-electron chi connectivity index (χ1n) is 5.31. The largest absolute Gasteiger partial charge is 0.416 e. The zero-order chi connectivity index (χ0) is 13.8. The Balaban J connectivity index is 2.88. The lowest BCUT2D eigenvalue weighted by Crippen LogP contribution is -2.18. The van der Waals surface area contributed by atoms with Gasteiger partial charge in [0, 0.05) is 10.9 Å². The number of esters is 1. The normalized spacial score (nSPS) is 10.2. The molecule has 0 bridgehead atoms. The van der Waals surface area contributed by atoms with Crippen molar-refractivity contribution < 1.29 is 14.3 Å². The van der Waals surface area contributed by atoms with Crippen molar-refractivity contribution in [2.75, 3.05) is 0 Å². The van der Waals surface area contributed by atoms with Crippen molar-refractivity contribution in [1.29, 1.82) is 0 Å². The van der Waals surface area contributed by atoms with Crippen LogP contribution < -0.4 is 4.74 Å². The van der Waals surface area contributed by atoms with Gasteiger partial charge in [0.1, 0.15) is 13.8 Å². The number of halogens is 1. The summed E-state index contributed by atoms with van der Waals surface area (Å²) in [4.78, 5) is 22.3. The standard InChI is InChI=1S/C13H13ClO3Si/c1-18(2,3)7-6-13(16)17-12-5-4-11(14)8-10(12)9-15/h4-5,8-9H,1-3H3. The third-order valence-electron chi connectivity index (χ3n) is 1.84. The summed E-state index contributed by atoms with van der Waals surface area (Å²) in [6.45, 7) is 6.06. The fraction of sp³-hybridized carbons (Fsp3) is 0.231. The van der Waals surface area contributed by atoms with E-state index in [1.54, 1.807) is 6.07 Å². The molecule has 1 aromatic carbocycles. The molecule has 0 amide bonds. The van der Waals surface area contributed by atoms with Crippen molar-refractivity contribution in [3.8, 4) is 17.2 Å². The highest BCUT2D eigenvalue weighted by Crippen LogP contribution is 2.21. The number of carbonyl (C=O) groups is 2. The Morgan fingerprint density at radius 2 is 2.06 bits per heavy atom. The summed E-state index contributed by atoms with van der Waals surface area (Å²) < 4.78 is 5.01. The molecule has 94 valence electrons. The molecule has 0 unspecified atom stereocenters. The highest BCUT2D eigenvalue weighted by atomic mass is 35.5. The number of carbonyl (C=O) groups excluding carboxylic acids is 2. The second-order valence-electron chi connectivity index (χ2n) is 4.69. The molecule has 0 aliphatic rings. The Morgan fingerprint density at radius 1 is 1.39 bits per heavy atom. The molecule has 0 aromatic heterocycles. The zero-order valence-corrected chi connectivity index (χ0v) is 12.2. The molecule has 3 nitrogen and oxygen atoms in total. The highest BCUT2D eigenvalue weighted by Gasteiger charge is 2.11. The van der Waals surface area contributed by atoms with Gasteiger partial charge in [0.15, 0.2) is 6.29 Å². The maximum absolute atomic E-state index is 11.5. The van der Waals surface area contributed by atoms with Gasteiger partial charge in [-0.25, -0.2) is 4.79 Å². The number of benzene rings is 1. The highest BCUT2D eigenvalue weighted by molar-refractivity contribution is 6.84. The van der Waals surface area contributed by atoms with Crippen molar-refractivity contribution in [2.24, 2.45) is 0 Å². The van der Waals surface area contributed by atoms with Crippen molar-refractivity contribution in [3.05, 3.63) is 28.8 Å². The Hall–Kier alpha value is -1.57. The molecule has 0 fully saturated rings. The summed E-state index contributed by atoms with van der Waals surface area (Å²) in [5.41, 5.74) is 3.12. The minimum atomic E-state index is -1.62. The van der Waals surface area contributed by atoms with Crippen LogP contribution in [-0.2, 0) is 4.79 Å². The number of aldehydes is 1. The van der Waals surface area contributed by atoms with Crippen molar-refractivity contribution >= 4 is 31.9 Å². The van der Waals surface area contributed by atoms with Crippen LogP contribution in [0.3, 0.4) is 0 Å². The summed E-state index contributed by atoms with van der Waals surface area (Å²) in [7, 11) is -1.62. The molecule has 1 aromatic rings. The number of hydrogen-bond acceptors (Lipinski definition) is 3. The Kier molecular flexibility index (Phi) is 4.71. The molecular formula is C13H13ClO3Si. The molecule has 0 saturated carbocycles. The summed E-state index contributed by atoms with van der Waals surface area (Å²) in [5, 5.41) is 0.407. The van der Waals surface area contributed by atoms with E-state index >= 15 is 0 Å². The molecule has 0 heterocycles. The third-order valence-corrected chi connectivity index (χ3v) is 2.95. The number of hydrogen-bond donors (Lipinski definition) is 0. The van der Waals surface area contributed by atoms with Crippen LogP contribution in [0.1, 0.15) is 10.4 Å². The molecule has 0 radical (unpaired) electrons. The van der Waals surface area contributed by atoms with Gasteiger partial charge in [-0.15, -0.1) is 5.54 Å². The van der Waals surface area contributed by atoms with Crippen LogP contribution in [0.2, 0.25) is 24.7 Å². The predicted octanol–water partition coefficient (Wildman–Crippen LogP) is 2.94. The fourth-order valence-corrected chi connectivity index (χ4v) is 1.73. The SMILES string of the molecule is C[Si](C)(C)C#CC(=O)Oc1ccc(Cl)cc1C=O. The van der Waals surface area contributed by atoms with Crippen LogP contribution in [0.5, 0.6) is 5.75 Å². The average Bonchev–Trinajstić information content (AvgIpc) is 2.28. The third kappa shape index (κ3) is 4.74. The first-order valence-corrected chi connectivity index (χ1v) is 9.19. The van der Waals surface area contributed by atoms with Crippen LogP contribution in [0.4, 0.5) is 0 Å². The maximum Gasteiger partial charge on any atom is 0.389 e. The van der Waals surface area contributed by atoms with Gasteiger partial charge >= 0.3 is 5.97 Å². The van der Waals surface area contributed by atoms with Gasteiger partial charge in [0.2, 0.25) is 0 Å². The molecule has 0 aliphatic heterocycles. The van der Waals surface area contributed by atoms with Crippen molar-refractivity contribution in [2.45, 2.75) is 19.6 Å². The summed E-state index contributed by atoms with van der Waals surface area (Å²) in [6.07, 6.45) is 0.584. The molecule has 0 saturated heterocycles. The fourth-order valence-electron chi connectivity index (χ4n) is 1.07. The van der Waals surface area contributed by atoms with Crippen LogP contribution in [0.25, 0.3) is 0 Å². The number of ether oxygens (including phenoxy) is 1. The minimum Gasteiger partial charge on any atom is -0.416 e. The topological polar surface area (TPSA) is 43.4 Å². The molecule has 0 N–H and O–H groups in total. The van der Waals surface area contributed by atoms with Crippen LogP contribution in [-0.4, -0.2) is 20.3 Å². The van der Waals surface area contributed by atoms with E-state index < -0.39 is 14.0 Å². The van der Waals surface area contributed by atoms with Gasteiger partial charge in [0.25, 0.3) is 0 Å². The van der Waals surface area contributed by atoms with E-state index in [0.717, 1.165) is 0 Å². The molecule has 0 atom stereocenters. The lowest BCUT2D eigenvalue weighted by atomic mass is 10.2. The van der Waals surface area contributed by atoms with Crippen LogP contribution in [0.15, 0.2) is 18.2 Å². The summed E-state index contributed by atoms with van der Waals surface area (Å²) in [5.74, 6) is 1.95. The van der Waals surface area contributed by atoms with Crippen LogP contribution >= 0.6 is 11.6 Å². The molecule has 0 aliphatic carbocycles. The summed E-state index contributed by atoms with van der Waals surface area (Å²) >= 11 is 5.73. The maximum atomic E-state index is 11.5. The zero-order valence-electron chi connectivity index (χ0n) is 10.4. The molecule has 0 spiro atoms. The van der Waals surface area contributed by atoms with Gasteiger partial charge in [0.05, 0.1) is 5.56 Å².